The van der Waals surface area contributed by atoms with E-state index in [0.29, 0.717) is 18.7 Å². The maximum atomic E-state index is 12.9. The first-order valence-corrected chi connectivity index (χ1v) is 12.1. The van der Waals surface area contributed by atoms with Gasteiger partial charge >= 0.3 is 0 Å². The number of carbonyl (C=O) groups is 1. The summed E-state index contributed by atoms with van der Waals surface area (Å²) in [5.74, 6) is 0.426. The highest BCUT2D eigenvalue weighted by Crippen LogP contribution is 2.34. The quantitative estimate of drug-likeness (QED) is 0.787. The molecule has 2 aliphatic rings. The van der Waals surface area contributed by atoms with Crippen LogP contribution in [0.2, 0.25) is 0 Å². The van der Waals surface area contributed by atoms with Crippen LogP contribution < -0.4 is 10.1 Å². The highest BCUT2D eigenvalue weighted by atomic mass is 32.2. The van der Waals surface area contributed by atoms with Gasteiger partial charge in [-0.1, -0.05) is 49.6 Å². The van der Waals surface area contributed by atoms with Crippen molar-refractivity contribution in [1.29, 1.82) is 0 Å². The van der Waals surface area contributed by atoms with Crippen LogP contribution >= 0.6 is 0 Å². The van der Waals surface area contributed by atoms with Gasteiger partial charge in [-0.2, -0.15) is 0 Å². The standard InChI is InChI=1S/C23H27NO4S/c25-23(21-13-14-28-22-12-5-4-11-20(21)22)24-18-8-6-7-17(15-18)16-29(26,27)19-9-2-1-3-10-19/h4-8,11-12,15,19,21H,1-3,9-10,13-14,16H2,(H,24,25). The second-order valence-corrected chi connectivity index (χ2v) is 10.3. The van der Waals surface area contributed by atoms with Crippen LogP contribution in [0.1, 0.15) is 55.6 Å². The Balaban J connectivity index is 1.46. The molecule has 0 spiro atoms. The third kappa shape index (κ3) is 4.64. The minimum absolute atomic E-state index is 0.0292. The van der Waals surface area contributed by atoms with E-state index in [2.05, 4.69) is 5.32 Å². The fraction of sp³-hybridized carbons (Fsp3) is 0.435. The number of anilines is 1. The van der Waals surface area contributed by atoms with E-state index >= 15 is 0 Å². The predicted octanol–water partition coefficient (Wildman–Crippen LogP) is 4.44. The van der Waals surface area contributed by atoms with Crippen LogP contribution in [0.25, 0.3) is 0 Å². The summed E-state index contributed by atoms with van der Waals surface area (Å²) in [5.41, 5.74) is 2.25. The summed E-state index contributed by atoms with van der Waals surface area (Å²) in [6.45, 7) is 0.509. The molecule has 6 heteroatoms. The second-order valence-electron chi connectivity index (χ2n) is 7.98. The fourth-order valence-corrected chi connectivity index (χ4v) is 6.29. The van der Waals surface area contributed by atoms with Crippen molar-refractivity contribution < 1.29 is 17.9 Å². The second kappa shape index (κ2) is 8.57. The number of amides is 1. The first-order valence-electron chi connectivity index (χ1n) is 10.4. The van der Waals surface area contributed by atoms with Gasteiger partial charge in [-0.3, -0.25) is 4.79 Å². The molecule has 0 saturated heterocycles. The number of hydrogen-bond donors (Lipinski definition) is 1. The molecule has 1 heterocycles. The van der Waals surface area contributed by atoms with Gasteiger partial charge < -0.3 is 10.1 Å². The third-order valence-corrected chi connectivity index (χ3v) is 8.12. The van der Waals surface area contributed by atoms with E-state index < -0.39 is 9.84 Å². The highest BCUT2D eigenvalue weighted by molar-refractivity contribution is 7.91. The molecule has 1 aliphatic carbocycles. The largest absolute Gasteiger partial charge is 0.493 e. The Kier molecular flexibility index (Phi) is 5.90. The SMILES string of the molecule is O=C(Nc1cccc(CS(=O)(=O)C2CCCCC2)c1)C1CCOc2ccccc21. The molecule has 2 aromatic rings. The van der Waals surface area contributed by atoms with Gasteiger partial charge in [0.25, 0.3) is 0 Å². The number of sulfone groups is 1. The summed E-state index contributed by atoms with van der Waals surface area (Å²) in [6, 6.07) is 14.8. The van der Waals surface area contributed by atoms with Gasteiger partial charge in [0.1, 0.15) is 5.75 Å². The number of ether oxygens (including phenoxy) is 1. The number of fused-ring (bicyclic) bond motifs is 1. The molecular formula is C23H27NO4S. The number of nitrogens with one attached hydrogen (secondary N) is 1. The zero-order valence-corrected chi connectivity index (χ0v) is 17.3. The van der Waals surface area contributed by atoms with Crippen LogP contribution in [0.4, 0.5) is 5.69 Å². The number of benzene rings is 2. The normalized spacial score (nSPS) is 19.8. The Morgan fingerprint density at radius 3 is 2.62 bits per heavy atom. The summed E-state index contributed by atoms with van der Waals surface area (Å²) >= 11 is 0. The van der Waals surface area contributed by atoms with Crippen molar-refractivity contribution in [2.75, 3.05) is 11.9 Å². The maximum absolute atomic E-state index is 12.9. The van der Waals surface area contributed by atoms with Crippen molar-refractivity contribution >= 4 is 21.4 Å². The monoisotopic (exact) mass is 413 g/mol. The van der Waals surface area contributed by atoms with Crippen molar-refractivity contribution in [1.82, 2.24) is 0 Å². The lowest BCUT2D eigenvalue weighted by molar-refractivity contribution is -0.118. The van der Waals surface area contributed by atoms with Gasteiger partial charge in [0.15, 0.2) is 9.84 Å². The topological polar surface area (TPSA) is 72.5 Å². The Bertz CT molecular complexity index is 980. The van der Waals surface area contributed by atoms with E-state index in [1.807, 2.05) is 30.3 Å². The highest BCUT2D eigenvalue weighted by Gasteiger charge is 2.29. The molecule has 1 fully saturated rings. The molecule has 0 bridgehead atoms. The Hall–Kier alpha value is -2.34. The minimum atomic E-state index is -3.17. The number of carbonyl (C=O) groups excluding carboxylic acids is 1. The van der Waals surface area contributed by atoms with Crippen molar-refractivity contribution in [3.05, 3.63) is 59.7 Å². The molecule has 1 atom stereocenters. The number of hydrogen-bond acceptors (Lipinski definition) is 4. The molecule has 1 N–H and O–H groups in total. The zero-order valence-electron chi connectivity index (χ0n) is 16.5. The van der Waals surface area contributed by atoms with Gasteiger partial charge in [0, 0.05) is 11.3 Å². The summed E-state index contributed by atoms with van der Waals surface area (Å²) in [7, 11) is -3.17. The number of para-hydroxylation sites is 1. The van der Waals surface area contributed by atoms with Crippen LogP contribution in [0, 0.1) is 0 Å². The van der Waals surface area contributed by atoms with Crippen molar-refractivity contribution in [3.63, 3.8) is 0 Å². The molecule has 4 rings (SSSR count). The fourth-order valence-electron chi connectivity index (χ4n) is 4.36. The zero-order chi connectivity index (χ0) is 20.3. The van der Waals surface area contributed by atoms with Crippen LogP contribution in [0.5, 0.6) is 5.75 Å². The van der Waals surface area contributed by atoms with E-state index in [9.17, 15) is 13.2 Å². The minimum Gasteiger partial charge on any atom is -0.493 e. The molecule has 1 amide bonds. The van der Waals surface area contributed by atoms with E-state index in [0.717, 1.165) is 49.0 Å². The van der Waals surface area contributed by atoms with Crippen molar-refractivity contribution in [3.8, 4) is 5.75 Å². The Morgan fingerprint density at radius 2 is 1.79 bits per heavy atom. The van der Waals surface area contributed by atoms with Gasteiger partial charge in [0.2, 0.25) is 5.91 Å². The lowest BCUT2D eigenvalue weighted by atomic mass is 9.92. The molecule has 1 saturated carbocycles. The van der Waals surface area contributed by atoms with Crippen LogP contribution in [0.3, 0.4) is 0 Å². The van der Waals surface area contributed by atoms with Crippen molar-refractivity contribution in [2.45, 2.75) is 55.4 Å². The first-order chi connectivity index (χ1) is 14.0. The Labute approximate surface area is 172 Å². The van der Waals surface area contributed by atoms with E-state index in [1.54, 1.807) is 18.2 Å². The molecule has 29 heavy (non-hydrogen) atoms. The lowest BCUT2D eigenvalue weighted by Gasteiger charge is -2.25. The maximum Gasteiger partial charge on any atom is 0.232 e. The van der Waals surface area contributed by atoms with E-state index in [4.69, 9.17) is 4.74 Å². The number of rotatable bonds is 5. The summed E-state index contributed by atoms with van der Waals surface area (Å²) in [6.07, 6.45) is 5.27. The van der Waals surface area contributed by atoms with Crippen LogP contribution in [-0.2, 0) is 20.4 Å². The molecular weight excluding hydrogens is 386 g/mol. The van der Waals surface area contributed by atoms with Gasteiger partial charge in [-0.25, -0.2) is 8.42 Å². The molecule has 1 aliphatic heterocycles. The average Bonchev–Trinajstić information content (AvgIpc) is 2.74. The smallest absolute Gasteiger partial charge is 0.232 e. The van der Waals surface area contributed by atoms with Crippen molar-refractivity contribution in [2.24, 2.45) is 0 Å². The first kappa shape index (κ1) is 20.0. The average molecular weight is 414 g/mol. The summed E-state index contributed by atoms with van der Waals surface area (Å²) in [5, 5.41) is 2.74. The van der Waals surface area contributed by atoms with E-state index in [-0.39, 0.29) is 22.8 Å². The molecule has 5 nitrogen and oxygen atoms in total. The van der Waals surface area contributed by atoms with Crippen LogP contribution in [-0.4, -0.2) is 26.2 Å². The summed E-state index contributed by atoms with van der Waals surface area (Å²) < 4.78 is 31.2. The molecule has 2 aromatic carbocycles. The molecule has 1 unspecified atom stereocenters. The van der Waals surface area contributed by atoms with Gasteiger partial charge in [0.05, 0.1) is 23.5 Å². The van der Waals surface area contributed by atoms with E-state index in [1.165, 1.54) is 0 Å². The van der Waals surface area contributed by atoms with Crippen LogP contribution in [0.15, 0.2) is 48.5 Å². The predicted molar refractivity (Wildman–Crippen MR) is 114 cm³/mol. The lowest BCUT2D eigenvalue weighted by Crippen LogP contribution is -2.26. The van der Waals surface area contributed by atoms with Gasteiger partial charge in [-0.15, -0.1) is 0 Å². The Morgan fingerprint density at radius 1 is 1.00 bits per heavy atom. The molecule has 0 radical (unpaired) electrons. The molecule has 154 valence electrons. The summed E-state index contributed by atoms with van der Waals surface area (Å²) in [4.78, 5) is 12.9. The molecule has 0 aromatic heterocycles. The van der Waals surface area contributed by atoms with Gasteiger partial charge in [-0.05, 0) is 43.0 Å². The third-order valence-electron chi connectivity index (χ3n) is 5.90.